The van der Waals surface area contributed by atoms with Crippen LogP contribution in [0.3, 0.4) is 0 Å². The van der Waals surface area contributed by atoms with E-state index < -0.39 is 18.2 Å². The number of rotatable bonds is 3. The molecule has 0 radical (unpaired) electrons. The Hall–Kier alpha value is -2.92. The van der Waals surface area contributed by atoms with Crippen molar-refractivity contribution in [3.63, 3.8) is 0 Å². The van der Waals surface area contributed by atoms with Gasteiger partial charge in [0.2, 0.25) is 0 Å². The summed E-state index contributed by atoms with van der Waals surface area (Å²) in [6.07, 6.45) is 0.993. The van der Waals surface area contributed by atoms with Gasteiger partial charge in [-0.25, -0.2) is 10.9 Å². The lowest BCUT2D eigenvalue weighted by Crippen LogP contribution is -2.44. The number of nitrogens with zero attached hydrogens (tertiary/aromatic N) is 1. The Morgan fingerprint density at radius 1 is 1.21 bits per heavy atom. The smallest absolute Gasteiger partial charge is 0.327 e. The summed E-state index contributed by atoms with van der Waals surface area (Å²) >= 11 is 0. The van der Waals surface area contributed by atoms with Gasteiger partial charge in [0.1, 0.15) is 5.75 Å². The molecule has 7 heteroatoms. The highest BCUT2D eigenvalue weighted by atomic mass is 16.5. The molecule has 0 amide bonds. The van der Waals surface area contributed by atoms with Crippen LogP contribution in [0, 0.1) is 18.8 Å². The molecule has 0 aliphatic carbocycles. The summed E-state index contributed by atoms with van der Waals surface area (Å²) < 4.78 is 5.66. The number of hydrogen-bond donors (Lipinski definition) is 4. The fourth-order valence-corrected chi connectivity index (χ4v) is 2.12. The topological polar surface area (TPSA) is 95.5 Å². The minimum absolute atomic E-state index is 0.526. The molecule has 2 aromatic rings. The highest BCUT2D eigenvalue weighted by molar-refractivity contribution is 5.74. The monoisotopic (exact) mass is 324 g/mol. The molecule has 1 aliphatic heterocycles. The van der Waals surface area contributed by atoms with Crippen molar-refractivity contribution in [2.45, 2.75) is 19.2 Å². The lowest BCUT2D eigenvalue weighted by molar-refractivity contribution is -0.141. The van der Waals surface area contributed by atoms with Gasteiger partial charge in [0, 0.05) is 23.0 Å². The summed E-state index contributed by atoms with van der Waals surface area (Å²) in [6, 6.07) is 10.1. The van der Waals surface area contributed by atoms with Crippen molar-refractivity contribution >= 4 is 5.97 Å². The number of aryl methyl sites for hydroxylation is 1. The number of ether oxygens (including phenoxy) is 1. The van der Waals surface area contributed by atoms with E-state index in [-0.39, 0.29) is 0 Å². The van der Waals surface area contributed by atoms with Crippen LogP contribution in [0.5, 0.6) is 5.75 Å². The second kappa shape index (κ2) is 7.10. The van der Waals surface area contributed by atoms with E-state index in [1.54, 1.807) is 24.4 Å². The molecule has 1 fully saturated rings. The highest BCUT2D eigenvalue weighted by Crippen LogP contribution is 2.15. The van der Waals surface area contributed by atoms with Crippen molar-refractivity contribution in [2.24, 2.45) is 0 Å². The lowest BCUT2D eigenvalue weighted by atomic mass is 10.2. The van der Waals surface area contributed by atoms with Crippen molar-refractivity contribution in [3.8, 4) is 17.6 Å². The van der Waals surface area contributed by atoms with Crippen LogP contribution in [-0.2, 0) is 4.79 Å². The van der Waals surface area contributed by atoms with Gasteiger partial charge >= 0.3 is 5.97 Å². The van der Waals surface area contributed by atoms with E-state index in [4.69, 9.17) is 9.84 Å². The summed E-state index contributed by atoms with van der Waals surface area (Å²) in [5.74, 6) is 5.59. The Balaban J connectivity index is 1.73. The first kappa shape index (κ1) is 16.0. The van der Waals surface area contributed by atoms with Crippen molar-refractivity contribution in [2.75, 3.05) is 0 Å². The predicted molar refractivity (Wildman–Crippen MR) is 86.6 cm³/mol. The minimum Gasteiger partial charge on any atom is -0.480 e. The third-order valence-electron chi connectivity index (χ3n) is 3.37. The second-order valence-corrected chi connectivity index (χ2v) is 5.23. The van der Waals surface area contributed by atoms with Crippen LogP contribution in [0.2, 0.25) is 0 Å². The molecule has 1 aliphatic rings. The van der Waals surface area contributed by atoms with Crippen LogP contribution in [-0.4, -0.2) is 28.3 Å². The quantitative estimate of drug-likeness (QED) is 0.613. The summed E-state index contributed by atoms with van der Waals surface area (Å²) in [7, 11) is 0. The van der Waals surface area contributed by atoms with Gasteiger partial charge in [-0.05, 0) is 37.3 Å². The summed E-state index contributed by atoms with van der Waals surface area (Å²) in [5, 5.41) is 9.10. The first-order chi connectivity index (χ1) is 11.6. The number of carboxylic acids is 1. The number of hydrogen-bond acceptors (Lipinski definition) is 6. The number of carbonyl (C=O) groups is 1. The Bertz CT molecular complexity index is 795. The van der Waals surface area contributed by atoms with Crippen LogP contribution in [0.25, 0.3) is 0 Å². The van der Waals surface area contributed by atoms with Gasteiger partial charge in [0.25, 0.3) is 0 Å². The minimum atomic E-state index is -1.01. The second-order valence-electron chi connectivity index (χ2n) is 5.23. The molecule has 2 unspecified atom stereocenters. The summed E-state index contributed by atoms with van der Waals surface area (Å²) in [5.41, 5.74) is 10.4. The van der Waals surface area contributed by atoms with Gasteiger partial charge in [-0.2, -0.15) is 5.53 Å². The van der Waals surface area contributed by atoms with Crippen LogP contribution in [0.15, 0.2) is 42.6 Å². The largest absolute Gasteiger partial charge is 0.480 e. The van der Waals surface area contributed by atoms with E-state index in [1.807, 2.05) is 25.1 Å². The van der Waals surface area contributed by atoms with E-state index in [9.17, 15) is 4.79 Å². The maximum absolute atomic E-state index is 11.1. The Morgan fingerprint density at radius 3 is 2.79 bits per heavy atom. The van der Waals surface area contributed by atoms with Gasteiger partial charge < -0.3 is 9.84 Å². The Morgan fingerprint density at radius 2 is 2.04 bits per heavy atom. The first-order valence-corrected chi connectivity index (χ1v) is 7.32. The maximum atomic E-state index is 11.1. The average Bonchev–Trinajstić information content (AvgIpc) is 3.03. The van der Waals surface area contributed by atoms with Gasteiger partial charge in [-0.15, -0.1) is 0 Å². The molecular formula is C17H16N4O3. The zero-order valence-electron chi connectivity index (χ0n) is 12.9. The Labute approximate surface area is 139 Å². The van der Waals surface area contributed by atoms with E-state index in [0.717, 1.165) is 16.8 Å². The third kappa shape index (κ3) is 3.88. The molecular weight excluding hydrogens is 308 g/mol. The van der Waals surface area contributed by atoms with Gasteiger partial charge in [-0.3, -0.25) is 9.78 Å². The number of aromatic nitrogens is 1. The molecule has 4 N–H and O–H groups in total. The van der Waals surface area contributed by atoms with Crippen LogP contribution >= 0.6 is 0 Å². The van der Waals surface area contributed by atoms with Gasteiger partial charge in [0.05, 0.1) is 0 Å². The predicted octanol–water partition coefficient (Wildman–Crippen LogP) is 0.560. The van der Waals surface area contributed by atoms with Gasteiger partial charge in [-0.1, -0.05) is 17.9 Å². The molecule has 0 spiro atoms. The molecule has 1 aromatic carbocycles. The maximum Gasteiger partial charge on any atom is 0.327 e. The SMILES string of the molecule is Cc1ccc(C#Cc2cccc(OC3NNNC3C(=O)O)c2)cn1. The summed E-state index contributed by atoms with van der Waals surface area (Å²) in [6.45, 7) is 1.92. The Kier molecular flexibility index (Phi) is 4.72. The normalized spacial score (nSPS) is 19.4. The van der Waals surface area contributed by atoms with E-state index in [1.165, 1.54) is 0 Å². The zero-order valence-corrected chi connectivity index (χ0v) is 12.9. The van der Waals surface area contributed by atoms with Gasteiger partial charge in [0.15, 0.2) is 12.3 Å². The standard InChI is InChI=1S/C17H16N4O3/c1-11-5-6-13(10-18-11)8-7-12-3-2-4-14(9-12)24-16-15(17(22)23)19-21-20-16/h2-6,9-10,15-16,19-21H,1H3,(H,22,23). The van der Waals surface area contributed by atoms with Crippen molar-refractivity contribution in [3.05, 3.63) is 59.4 Å². The lowest BCUT2D eigenvalue weighted by Gasteiger charge is -2.16. The number of hydrazine groups is 2. The van der Waals surface area contributed by atoms with E-state index in [2.05, 4.69) is 33.2 Å². The fourth-order valence-electron chi connectivity index (χ4n) is 2.12. The average molecular weight is 324 g/mol. The number of pyridine rings is 1. The molecule has 24 heavy (non-hydrogen) atoms. The zero-order chi connectivity index (χ0) is 16.9. The van der Waals surface area contributed by atoms with Crippen LogP contribution < -0.4 is 21.1 Å². The fraction of sp³-hybridized carbons (Fsp3) is 0.176. The highest BCUT2D eigenvalue weighted by Gasteiger charge is 2.34. The summed E-state index contributed by atoms with van der Waals surface area (Å²) in [4.78, 5) is 15.3. The number of aliphatic carboxylic acids is 1. The molecule has 3 rings (SSSR count). The van der Waals surface area contributed by atoms with E-state index in [0.29, 0.717) is 5.75 Å². The molecule has 2 heterocycles. The molecule has 122 valence electrons. The first-order valence-electron chi connectivity index (χ1n) is 7.32. The molecule has 1 saturated heterocycles. The third-order valence-corrected chi connectivity index (χ3v) is 3.37. The van der Waals surface area contributed by atoms with Crippen LogP contribution in [0.4, 0.5) is 0 Å². The number of carboxylic acid groups (broad SMARTS) is 1. The number of nitrogens with one attached hydrogen (secondary N) is 3. The van der Waals surface area contributed by atoms with E-state index >= 15 is 0 Å². The molecule has 0 saturated carbocycles. The molecule has 0 bridgehead atoms. The number of benzene rings is 1. The van der Waals surface area contributed by atoms with Crippen molar-refractivity contribution < 1.29 is 14.6 Å². The molecule has 7 nitrogen and oxygen atoms in total. The van der Waals surface area contributed by atoms with Crippen molar-refractivity contribution in [1.82, 2.24) is 21.4 Å². The molecule has 1 aromatic heterocycles. The molecule has 2 atom stereocenters. The van der Waals surface area contributed by atoms with Crippen LogP contribution in [0.1, 0.15) is 16.8 Å². The van der Waals surface area contributed by atoms with Crippen molar-refractivity contribution in [1.29, 1.82) is 0 Å².